The van der Waals surface area contributed by atoms with Crippen LogP contribution in [-0.4, -0.2) is 37.0 Å². The number of hydrogen-bond acceptors (Lipinski definition) is 3. The van der Waals surface area contributed by atoms with Crippen molar-refractivity contribution in [2.45, 2.75) is 31.2 Å². The van der Waals surface area contributed by atoms with E-state index in [4.69, 9.17) is 0 Å². The summed E-state index contributed by atoms with van der Waals surface area (Å²) in [6.07, 6.45) is 3.95. The predicted octanol–water partition coefficient (Wildman–Crippen LogP) is 6.08. The monoisotopic (exact) mass is 481 g/mol. The van der Waals surface area contributed by atoms with Gasteiger partial charge in [0.1, 0.15) is 5.82 Å². The number of hydrogen-bond donors (Lipinski definition) is 1. The minimum absolute atomic E-state index is 0.0934. The highest BCUT2D eigenvalue weighted by Crippen LogP contribution is 2.63. The number of para-hydroxylation sites is 1. The number of benzene rings is 3. The fourth-order valence-electron chi connectivity index (χ4n) is 7.65. The zero-order valence-electron chi connectivity index (χ0n) is 20.4. The summed E-state index contributed by atoms with van der Waals surface area (Å²) >= 11 is 0. The van der Waals surface area contributed by atoms with Crippen LogP contribution in [0.4, 0.5) is 15.8 Å². The smallest absolute Gasteiger partial charge is 0.253 e. The van der Waals surface area contributed by atoms with E-state index in [2.05, 4.69) is 47.8 Å². The van der Waals surface area contributed by atoms with Gasteiger partial charge < -0.3 is 15.1 Å². The van der Waals surface area contributed by atoms with Crippen molar-refractivity contribution in [3.05, 3.63) is 95.3 Å². The molecule has 5 atom stereocenters. The van der Waals surface area contributed by atoms with Crippen molar-refractivity contribution < 1.29 is 9.18 Å². The van der Waals surface area contributed by atoms with Crippen molar-refractivity contribution in [2.24, 2.45) is 17.8 Å². The van der Waals surface area contributed by atoms with E-state index in [0.717, 1.165) is 17.4 Å². The summed E-state index contributed by atoms with van der Waals surface area (Å²) in [7, 11) is 0. The molecule has 2 aliphatic carbocycles. The lowest BCUT2D eigenvalue weighted by molar-refractivity contribution is 0.0746. The molecule has 3 fully saturated rings. The second-order valence-corrected chi connectivity index (χ2v) is 11.0. The Balaban J connectivity index is 1.14. The zero-order chi connectivity index (χ0) is 24.2. The van der Waals surface area contributed by atoms with Crippen LogP contribution < -0.4 is 10.2 Å². The van der Waals surface area contributed by atoms with Crippen molar-refractivity contribution in [3.63, 3.8) is 0 Å². The maximum Gasteiger partial charge on any atom is 0.253 e. The normalized spacial score (nSPS) is 28.4. The minimum atomic E-state index is -0.200. The second-order valence-electron chi connectivity index (χ2n) is 11.0. The van der Waals surface area contributed by atoms with E-state index in [1.54, 1.807) is 6.07 Å². The summed E-state index contributed by atoms with van der Waals surface area (Å²) in [6.45, 7) is 2.50. The Morgan fingerprint density at radius 2 is 1.61 bits per heavy atom. The average Bonchev–Trinajstić information content (AvgIpc) is 3.56. The molecule has 0 aromatic heterocycles. The number of carbonyl (C=O) groups excluding carboxylic acids is 1. The molecule has 1 saturated heterocycles. The van der Waals surface area contributed by atoms with E-state index in [9.17, 15) is 9.18 Å². The van der Waals surface area contributed by atoms with Crippen LogP contribution in [0.25, 0.3) is 0 Å². The standard InChI is InChI=1S/C31H32FN3O/c32-25-8-4-5-9-27(25)34-14-16-35(17-15-34)31(36)23-12-13-26-24(19-23)28-21-10-11-22(18-21)29(28)30(33-26)20-6-2-1-3-7-20/h1-9,12-13,19,21-22,28-30,33H,10-11,14-18H2/t21-,22+,28+,29+,30+/m0/s1. The Hall–Kier alpha value is -3.34. The van der Waals surface area contributed by atoms with E-state index in [1.807, 2.05) is 28.0 Å². The van der Waals surface area contributed by atoms with E-state index in [1.165, 1.54) is 42.1 Å². The van der Waals surface area contributed by atoms with Crippen LogP contribution in [0.2, 0.25) is 0 Å². The molecule has 1 N–H and O–H groups in total. The third-order valence-electron chi connectivity index (χ3n) is 9.25. The number of nitrogens with one attached hydrogen (secondary N) is 1. The predicted molar refractivity (Wildman–Crippen MR) is 141 cm³/mol. The van der Waals surface area contributed by atoms with Gasteiger partial charge in [0.05, 0.1) is 11.7 Å². The van der Waals surface area contributed by atoms with Gasteiger partial charge in [0.25, 0.3) is 5.91 Å². The largest absolute Gasteiger partial charge is 0.378 e. The Bertz CT molecular complexity index is 1290. The van der Waals surface area contributed by atoms with Gasteiger partial charge in [-0.3, -0.25) is 4.79 Å². The van der Waals surface area contributed by atoms with Crippen LogP contribution in [0.3, 0.4) is 0 Å². The van der Waals surface area contributed by atoms with Gasteiger partial charge in [-0.25, -0.2) is 4.39 Å². The van der Waals surface area contributed by atoms with Crippen molar-refractivity contribution in [2.75, 3.05) is 36.4 Å². The van der Waals surface area contributed by atoms with Gasteiger partial charge in [0.2, 0.25) is 0 Å². The lowest BCUT2D eigenvalue weighted by Gasteiger charge is -2.44. The molecule has 2 aliphatic heterocycles. The van der Waals surface area contributed by atoms with Crippen molar-refractivity contribution in [3.8, 4) is 0 Å². The number of amides is 1. The molecule has 184 valence electrons. The molecule has 3 aromatic rings. The molecule has 2 heterocycles. The number of piperazine rings is 1. The number of fused-ring (bicyclic) bond motifs is 7. The maximum absolute atomic E-state index is 14.2. The molecule has 0 unspecified atom stereocenters. The van der Waals surface area contributed by atoms with Crippen molar-refractivity contribution in [1.82, 2.24) is 4.90 Å². The van der Waals surface area contributed by atoms with E-state index in [0.29, 0.717) is 49.7 Å². The Morgan fingerprint density at radius 3 is 2.42 bits per heavy atom. The Morgan fingerprint density at radius 1 is 0.861 bits per heavy atom. The van der Waals surface area contributed by atoms with Gasteiger partial charge in [-0.2, -0.15) is 0 Å². The Labute approximate surface area is 212 Å². The molecule has 1 amide bonds. The molecule has 2 saturated carbocycles. The summed E-state index contributed by atoms with van der Waals surface area (Å²) in [6, 6.07) is 24.4. The molecule has 0 spiro atoms. The lowest BCUT2D eigenvalue weighted by atomic mass is 9.68. The van der Waals surface area contributed by atoms with E-state index < -0.39 is 0 Å². The number of rotatable bonds is 3. The number of nitrogens with zero attached hydrogens (tertiary/aromatic N) is 2. The van der Waals surface area contributed by atoms with Gasteiger partial charge >= 0.3 is 0 Å². The molecule has 3 aromatic carbocycles. The maximum atomic E-state index is 14.2. The number of carbonyl (C=O) groups is 1. The first-order valence-corrected chi connectivity index (χ1v) is 13.4. The highest BCUT2D eigenvalue weighted by Gasteiger charge is 2.53. The molecule has 7 rings (SSSR count). The summed E-state index contributed by atoms with van der Waals surface area (Å²) in [5.41, 5.74) is 5.32. The summed E-state index contributed by atoms with van der Waals surface area (Å²) in [5.74, 6) is 2.49. The van der Waals surface area contributed by atoms with E-state index in [-0.39, 0.29) is 11.7 Å². The molecule has 5 heteroatoms. The highest BCUT2D eigenvalue weighted by molar-refractivity contribution is 5.95. The third kappa shape index (κ3) is 3.51. The van der Waals surface area contributed by atoms with Gasteiger partial charge in [0, 0.05) is 37.4 Å². The fourth-order valence-corrected chi connectivity index (χ4v) is 7.65. The molecule has 2 bridgehead atoms. The topological polar surface area (TPSA) is 35.6 Å². The van der Waals surface area contributed by atoms with Crippen LogP contribution >= 0.6 is 0 Å². The number of anilines is 2. The van der Waals surface area contributed by atoms with Crippen LogP contribution in [0.15, 0.2) is 72.8 Å². The van der Waals surface area contributed by atoms with Crippen LogP contribution in [0, 0.1) is 23.6 Å². The highest BCUT2D eigenvalue weighted by atomic mass is 19.1. The average molecular weight is 482 g/mol. The zero-order valence-corrected chi connectivity index (χ0v) is 20.4. The summed E-state index contributed by atoms with van der Waals surface area (Å²) in [4.78, 5) is 17.5. The molecule has 0 radical (unpaired) electrons. The van der Waals surface area contributed by atoms with Gasteiger partial charge in [-0.1, -0.05) is 42.5 Å². The Kier molecular flexibility index (Phi) is 5.26. The summed E-state index contributed by atoms with van der Waals surface area (Å²) in [5, 5.41) is 3.88. The SMILES string of the molecule is O=C(c1ccc2c(c1)[C@H]1[C@H]3CC[C@H](C3)[C@H]1[C@@H](c1ccccc1)N2)N1CCN(c2ccccc2F)CC1. The molecule has 4 nitrogen and oxygen atoms in total. The second kappa shape index (κ2) is 8.65. The first-order chi connectivity index (χ1) is 17.7. The number of halogens is 1. The van der Waals surface area contributed by atoms with Gasteiger partial charge in [-0.05, 0) is 84.4 Å². The third-order valence-corrected chi connectivity index (χ3v) is 9.25. The first kappa shape index (κ1) is 21.9. The van der Waals surface area contributed by atoms with Crippen molar-refractivity contribution in [1.29, 1.82) is 0 Å². The quantitative estimate of drug-likeness (QED) is 0.492. The van der Waals surface area contributed by atoms with Crippen molar-refractivity contribution >= 4 is 17.3 Å². The minimum Gasteiger partial charge on any atom is -0.378 e. The van der Waals surface area contributed by atoms with E-state index >= 15 is 0 Å². The lowest BCUT2D eigenvalue weighted by Crippen LogP contribution is -2.49. The van der Waals surface area contributed by atoms with Gasteiger partial charge in [0.15, 0.2) is 0 Å². The van der Waals surface area contributed by atoms with Crippen LogP contribution in [0.5, 0.6) is 0 Å². The molecular weight excluding hydrogens is 449 g/mol. The van der Waals surface area contributed by atoms with Gasteiger partial charge in [-0.15, -0.1) is 0 Å². The summed E-state index contributed by atoms with van der Waals surface area (Å²) < 4.78 is 14.2. The molecular formula is C31H32FN3O. The fraction of sp³-hybridized carbons (Fsp3) is 0.387. The molecule has 4 aliphatic rings. The first-order valence-electron chi connectivity index (χ1n) is 13.4. The van der Waals surface area contributed by atoms with Crippen LogP contribution in [0.1, 0.15) is 52.7 Å². The molecule has 36 heavy (non-hydrogen) atoms. The van der Waals surface area contributed by atoms with Crippen LogP contribution in [-0.2, 0) is 0 Å².